The van der Waals surface area contributed by atoms with Crippen molar-refractivity contribution >= 4 is 12.0 Å². The molecule has 0 spiro atoms. The maximum absolute atomic E-state index is 11.4. The lowest BCUT2D eigenvalue weighted by Crippen LogP contribution is -2.39. The molecule has 0 aliphatic carbocycles. The van der Waals surface area contributed by atoms with Crippen LogP contribution in [0.1, 0.15) is 25.8 Å². The number of carbonyl (C=O) groups excluding carboxylic acids is 1. The Morgan fingerprint density at radius 2 is 2.41 bits per heavy atom. The van der Waals surface area contributed by atoms with Crippen LogP contribution in [0.3, 0.4) is 0 Å². The summed E-state index contributed by atoms with van der Waals surface area (Å²) in [4.78, 5) is 15.4. The lowest BCUT2D eigenvalue weighted by molar-refractivity contribution is -0.117. The van der Waals surface area contributed by atoms with E-state index >= 15 is 0 Å². The zero-order valence-electron chi connectivity index (χ0n) is 10.2. The second kappa shape index (κ2) is 6.15. The first-order chi connectivity index (χ1) is 8.03. The van der Waals surface area contributed by atoms with Gasteiger partial charge in [-0.1, -0.05) is 13.0 Å². The van der Waals surface area contributed by atoms with E-state index in [2.05, 4.69) is 10.3 Å². The highest BCUT2D eigenvalue weighted by molar-refractivity contribution is 5.91. The lowest BCUT2D eigenvalue weighted by Gasteiger charge is -2.20. The maximum Gasteiger partial charge on any atom is 0.244 e. The van der Waals surface area contributed by atoms with Crippen LogP contribution in [-0.4, -0.2) is 28.1 Å². The van der Waals surface area contributed by atoms with Crippen LogP contribution in [0.4, 0.5) is 0 Å². The molecule has 1 heterocycles. The molecule has 0 aromatic carbocycles. The second-order valence-electron chi connectivity index (χ2n) is 4.19. The van der Waals surface area contributed by atoms with E-state index in [0.717, 1.165) is 5.56 Å². The van der Waals surface area contributed by atoms with Gasteiger partial charge in [0.05, 0.1) is 5.60 Å². The van der Waals surface area contributed by atoms with Gasteiger partial charge >= 0.3 is 0 Å². The van der Waals surface area contributed by atoms with Gasteiger partial charge in [-0.05, 0) is 31.1 Å². The molecule has 1 unspecified atom stereocenters. The molecule has 0 bridgehead atoms. The topological polar surface area (TPSA) is 62.2 Å². The molecule has 0 radical (unpaired) electrons. The van der Waals surface area contributed by atoms with Crippen molar-refractivity contribution in [3.63, 3.8) is 0 Å². The molecule has 92 valence electrons. The number of carbonyl (C=O) groups is 1. The summed E-state index contributed by atoms with van der Waals surface area (Å²) in [5.41, 5.74) is 0.0162. The molecule has 4 nitrogen and oxygen atoms in total. The smallest absolute Gasteiger partial charge is 0.244 e. The molecule has 1 aromatic rings. The van der Waals surface area contributed by atoms with Crippen molar-refractivity contribution < 1.29 is 9.90 Å². The molecule has 0 aliphatic heterocycles. The molecule has 0 saturated heterocycles. The highest BCUT2D eigenvalue weighted by Gasteiger charge is 2.17. The van der Waals surface area contributed by atoms with E-state index < -0.39 is 5.60 Å². The minimum Gasteiger partial charge on any atom is -0.388 e. The van der Waals surface area contributed by atoms with Crippen molar-refractivity contribution in [3.05, 3.63) is 36.2 Å². The van der Waals surface area contributed by atoms with Crippen molar-refractivity contribution in [2.24, 2.45) is 0 Å². The largest absolute Gasteiger partial charge is 0.388 e. The van der Waals surface area contributed by atoms with Gasteiger partial charge in [-0.3, -0.25) is 9.78 Å². The average molecular weight is 234 g/mol. The molecule has 1 rings (SSSR count). The van der Waals surface area contributed by atoms with E-state index in [-0.39, 0.29) is 12.5 Å². The van der Waals surface area contributed by atoms with Crippen LogP contribution in [0.5, 0.6) is 0 Å². The minimum atomic E-state index is -0.849. The third-order valence-electron chi connectivity index (χ3n) is 2.52. The first kappa shape index (κ1) is 13.4. The molecule has 1 amide bonds. The summed E-state index contributed by atoms with van der Waals surface area (Å²) in [6.07, 6.45) is 7.06. The van der Waals surface area contributed by atoms with Gasteiger partial charge in [-0.2, -0.15) is 0 Å². The zero-order valence-corrected chi connectivity index (χ0v) is 10.2. The van der Waals surface area contributed by atoms with Gasteiger partial charge < -0.3 is 10.4 Å². The Hall–Kier alpha value is -1.68. The Morgan fingerprint density at radius 1 is 1.65 bits per heavy atom. The molecule has 1 atom stereocenters. The number of aromatic nitrogens is 1. The number of pyridine rings is 1. The normalized spacial score (nSPS) is 14.5. The van der Waals surface area contributed by atoms with E-state index in [1.165, 1.54) is 6.08 Å². The van der Waals surface area contributed by atoms with E-state index in [1.54, 1.807) is 31.5 Å². The highest BCUT2D eigenvalue weighted by atomic mass is 16.3. The van der Waals surface area contributed by atoms with Crippen molar-refractivity contribution in [2.75, 3.05) is 6.54 Å². The van der Waals surface area contributed by atoms with E-state index in [9.17, 15) is 9.90 Å². The van der Waals surface area contributed by atoms with Crippen molar-refractivity contribution in [2.45, 2.75) is 25.9 Å². The van der Waals surface area contributed by atoms with E-state index in [1.807, 2.05) is 13.0 Å². The maximum atomic E-state index is 11.4. The number of aliphatic hydroxyl groups is 1. The highest BCUT2D eigenvalue weighted by Crippen LogP contribution is 2.05. The first-order valence-corrected chi connectivity index (χ1v) is 5.62. The summed E-state index contributed by atoms with van der Waals surface area (Å²) in [5.74, 6) is -0.220. The van der Waals surface area contributed by atoms with Gasteiger partial charge in [0.1, 0.15) is 0 Å². The fourth-order valence-corrected chi connectivity index (χ4v) is 1.11. The average Bonchev–Trinajstić information content (AvgIpc) is 2.35. The van der Waals surface area contributed by atoms with Crippen LogP contribution in [0.25, 0.3) is 6.08 Å². The molecule has 0 saturated carbocycles. The van der Waals surface area contributed by atoms with Crippen LogP contribution in [-0.2, 0) is 4.79 Å². The van der Waals surface area contributed by atoms with Gasteiger partial charge in [0.15, 0.2) is 0 Å². The molecule has 0 aliphatic rings. The Bertz CT molecular complexity index is 386. The summed E-state index contributed by atoms with van der Waals surface area (Å²) >= 11 is 0. The summed E-state index contributed by atoms with van der Waals surface area (Å²) in [7, 11) is 0. The standard InChI is InChI=1S/C13H18N2O2/c1-3-13(2,17)10-15-12(16)7-6-11-5-4-8-14-9-11/h4-9,17H,3,10H2,1-2H3,(H,15,16). The van der Waals surface area contributed by atoms with Crippen LogP contribution in [0.2, 0.25) is 0 Å². The number of amides is 1. The number of rotatable bonds is 5. The second-order valence-corrected chi connectivity index (χ2v) is 4.19. The van der Waals surface area contributed by atoms with Crippen LogP contribution in [0.15, 0.2) is 30.6 Å². The molecule has 4 heteroatoms. The molecule has 2 N–H and O–H groups in total. The van der Waals surface area contributed by atoms with Crippen LogP contribution in [0, 0.1) is 0 Å². The van der Waals surface area contributed by atoms with Crippen molar-refractivity contribution in [3.8, 4) is 0 Å². The number of nitrogens with zero attached hydrogens (tertiary/aromatic N) is 1. The zero-order chi connectivity index (χ0) is 12.7. The summed E-state index contributed by atoms with van der Waals surface area (Å²) in [6.45, 7) is 3.81. The van der Waals surface area contributed by atoms with Gasteiger partial charge in [0, 0.05) is 25.0 Å². The third kappa shape index (κ3) is 5.26. The molecular weight excluding hydrogens is 216 g/mol. The Kier molecular flexibility index (Phi) is 4.84. The van der Waals surface area contributed by atoms with E-state index in [0.29, 0.717) is 6.42 Å². The van der Waals surface area contributed by atoms with Gasteiger partial charge in [0.2, 0.25) is 5.91 Å². The summed E-state index contributed by atoms with van der Waals surface area (Å²) in [6, 6.07) is 3.67. The number of hydrogen-bond acceptors (Lipinski definition) is 3. The van der Waals surface area contributed by atoms with E-state index in [4.69, 9.17) is 0 Å². The summed E-state index contributed by atoms with van der Waals surface area (Å²) in [5, 5.41) is 12.4. The quantitative estimate of drug-likeness (QED) is 0.756. The SMILES string of the molecule is CCC(C)(O)CNC(=O)C=Cc1cccnc1. The third-order valence-corrected chi connectivity index (χ3v) is 2.52. The first-order valence-electron chi connectivity index (χ1n) is 5.62. The Balaban J connectivity index is 2.43. The van der Waals surface area contributed by atoms with Crippen LogP contribution >= 0.6 is 0 Å². The monoisotopic (exact) mass is 234 g/mol. The van der Waals surface area contributed by atoms with Crippen LogP contribution < -0.4 is 5.32 Å². The number of hydrogen-bond donors (Lipinski definition) is 2. The molecule has 1 aromatic heterocycles. The van der Waals surface area contributed by atoms with Crippen molar-refractivity contribution in [1.29, 1.82) is 0 Å². The lowest BCUT2D eigenvalue weighted by atomic mass is 10.0. The Labute approximate surface area is 101 Å². The van der Waals surface area contributed by atoms with Crippen molar-refractivity contribution in [1.82, 2.24) is 10.3 Å². The predicted octanol–water partition coefficient (Wildman–Crippen LogP) is 1.37. The fourth-order valence-electron chi connectivity index (χ4n) is 1.11. The number of nitrogens with one attached hydrogen (secondary N) is 1. The van der Waals surface area contributed by atoms with Gasteiger partial charge in [-0.15, -0.1) is 0 Å². The van der Waals surface area contributed by atoms with Gasteiger partial charge in [-0.25, -0.2) is 0 Å². The molecular formula is C13H18N2O2. The molecule has 17 heavy (non-hydrogen) atoms. The fraction of sp³-hybridized carbons (Fsp3) is 0.385. The van der Waals surface area contributed by atoms with Gasteiger partial charge in [0.25, 0.3) is 0 Å². The minimum absolute atomic E-state index is 0.220. The molecule has 0 fully saturated rings. The summed E-state index contributed by atoms with van der Waals surface area (Å²) < 4.78 is 0. The Morgan fingerprint density at radius 3 is 3.00 bits per heavy atom. The predicted molar refractivity (Wildman–Crippen MR) is 67.2 cm³/mol.